The average molecular weight is 372 g/mol. The molecule has 3 N–H and O–H groups in total. The molecule has 1 aliphatic heterocycles. The SMILES string of the molecule is C/C(=C\C(=O)Nc1cc(-c2cc3c([nH]2)CCNC3=O)ccn1)c1ccccc1. The molecule has 3 heterocycles. The van der Waals surface area contributed by atoms with Crippen molar-refractivity contribution in [2.75, 3.05) is 11.9 Å². The van der Waals surface area contributed by atoms with E-state index in [1.54, 1.807) is 18.3 Å². The lowest BCUT2D eigenvalue weighted by Crippen LogP contribution is -2.31. The van der Waals surface area contributed by atoms with Gasteiger partial charge in [-0.2, -0.15) is 0 Å². The standard InChI is InChI=1S/C22H20N4O2/c1-14(15-5-3-2-4-6-15)11-21(27)26-20-12-16(7-9-23-20)19-13-17-18(25-19)8-10-24-22(17)28/h2-7,9,11-13,25H,8,10H2,1H3,(H,24,28)(H,23,26,27)/b14-11+. The number of aromatic nitrogens is 2. The molecule has 2 amide bonds. The number of anilines is 1. The minimum Gasteiger partial charge on any atom is -0.358 e. The molecule has 0 aliphatic carbocycles. The fourth-order valence-electron chi connectivity index (χ4n) is 3.26. The largest absolute Gasteiger partial charge is 0.358 e. The summed E-state index contributed by atoms with van der Waals surface area (Å²) in [6.45, 7) is 2.53. The molecule has 1 aromatic carbocycles. The van der Waals surface area contributed by atoms with E-state index < -0.39 is 0 Å². The third-order valence-corrected chi connectivity index (χ3v) is 4.70. The van der Waals surface area contributed by atoms with Crippen LogP contribution in [0.3, 0.4) is 0 Å². The minimum atomic E-state index is -0.240. The number of pyridine rings is 1. The predicted molar refractivity (Wildman–Crippen MR) is 109 cm³/mol. The first-order chi connectivity index (χ1) is 13.6. The predicted octanol–water partition coefficient (Wildman–Crippen LogP) is 3.40. The van der Waals surface area contributed by atoms with E-state index in [2.05, 4.69) is 20.6 Å². The van der Waals surface area contributed by atoms with Crippen molar-refractivity contribution in [3.63, 3.8) is 0 Å². The van der Waals surface area contributed by atoms with Crippen LogP contribution < -0.4 is 10.6 Å². The summed E-state index contributed by atoms with van der Waals surface area (Å²) in [7, 11) is 0. The van der Waals surface area contributed by atoms with E-state index in [9.17, 15) is 9.59 Å². The summed E-state index contributed by atoms with van der Waals surface area (Å²) >= 11 is 0. The summed E-state index contributed by atoms with van der Waals surface area (Å²) in [6.07, 6.45) is 3.97. The molecular weight excluding hydrogens is 352 g/mol. The zero-order valence-corrected chi connectivity index (χ0v) is 15.5. The van der Waals surface area contributed by atoms with Gasteiger partial charge in [-0.25, -0.2) is 4.98 Å². The molecule has 1 aliphatic rings. The number of hydrogen-bond donors (Lipinski definition) is 3. The summed E-state index contributed by atoms with van der Waals surface area (Å²) in [5, 5.41) is 5.64. The number of allylic oxidation sites excluding steroid dienone is 1. The van der Waals surface area contributed by atoms with Crippen LogP contribution in [0.4, 0.5) is 5.82 Å². The van der Waals surface area contributed by atoms with E-state index in [0.717, 1.165) is 34.5 Å². The van der Waals surface area contributed by atoms with Crippen molar-refractivity contribution >= 4 is 23.2 Å². The Bertz CT molecular complexity index is 1070. The lowest BCUT2D eigenvalue weighted by Gasteiger charge is -2.10. The van der Waals surface area contributed by atoms with E-state index in [1.165, 1.54) is 0 Å². The normalized spacial score (nSPS) is 13.6. The Morgan fingerprint density at radius 1 is 1.18 bits per heavy atom. The highest BCUT2D eigenvalue weighted by Gasteiger charge is 2.20. The number of H-pyrrole nitrogens is 1. The monoisotopic (exact) mass is 372 g/mol. The molecule has 2 aromatic heterocycles. The van der Waals surface area contributed by atoms with E-state index in [0.29, 0.717) is 17.9 Å². The molecule has 4 rings (SSSR count). The van der Waals surface area contributed by atoms with Crippen molar-refractivity contribution < 1.29 is 9.59 Å². The number of amides is 2. The Kier molecular flexibility index (Phi) is 4.76. The quantitative estimate of drug-likeness (QED) is 0.614. The summed E-state index contributed by atoms with van der Waals surface area (Å²) < 4.78 is 0. The van der Waals surface area contributed by atoms with E-state index >= 15 is 0 Å². The fraction of sp³-hybridized carbons (Fsp3) is 0.136. The molecule has 0 fully saturated rings. The molecule has 28 heavy (non-hydrogen) atoms. The van der Waals surface area contributed by atoms with Gasteiger partial charge in [0, 0.05) is 42.2 Å². The highest BCUT2D eigenvalue weighted by molar-refractivity contribution is 6.03. The Morgan fingerprint density at radius 2 is 2.00 bits per heavy atom. The van der Waals surface area contributed by atoms with Crippen LogP contribution in [0.25, 0.3) is 16.8 Å². The number of rotatable bonds is 4. The number of carbonyl (C=O) groups excluding carboxylic acids is 2. The van der Waals surface area contributed by atoms with Gasteiger partial charge in [-0.05, 0) is 36.3 Å². The summed E-state index contributed by atoms with van der Waals surface area (Å²) in [6, 6.07) is 15.2. The van der Waals surface area contributed by atoms with Gasteiger partial charge in [0.2, 0.25) is 5.91 Å². The van der Waals surface area contributed by atoms with Crippen molar-refractivity contribution in [3.05, 3.63) is 77.6 Å². The number of aromatic amines is 1. The zero-order chi connectivity index (χ0) is 19.5. The van der Waals surface area contributed by atoms with Crippen LogP contribution in [0.5, 0.6) is 0 Å². The van der Waals surface area contributed by atoms with Crippen LogP contribution in [0.15, 0.2) is 60.8 Å². The van der Waals surface area contributed by atoms with Crippen molar-refractivity contribution in [3.8, 4) is 11.3 Å². The molecule has 0 unspecified atom stereocenters. The first kappa shape index (κ1) is 17.7. The number of nitrogens with zero attached hydrogens (tertiary/aromatic N) is 1. The third-order valence-electron chi connectivity index (χ3n) is 4.70. The van der Waals surface area contributed by atoms with Gasteiger partial charge in [0.1, 0.15) is 5.82 Å². The molecule has 0 atom stereocenters. The molecule has 140 valence electrons. The number of hydrogen-bond acceptors (Lipinski definition) is 3. The molecular formula is C22H20N4O2. The van der Waals surface area contributed by atoms with Crippen molar-refractivity contribution in [1.29, 1.82) is 0 Å². The van der Waals surface area contributed by atoms with Gasteiger partial charge >= 0.3 is 0 Å². The summed E-state index contributed by atoms with van der Waals surface area (Å²) in [5.74, 6) is 0.153. The van der Waals surface area contributed by atoms with E-state index in [4.69, 9.17) is 0 Å². The third kappa shape index (κ3) is 3.71. The van der Waals surface area contributed by atoms with E-state index in [1.807, 2.05) is 49.4 Å². The van der Waals surface area contributed by atoms with Gasteiger partial charge < -0.3 is 15.6 Å². The second-order valence-corrected chi connectivity index (χ2v) is 6.69. The molecule has 6 nitrogen and oxygen atoms in total. The highest BCUT2D eigenvalue weighted by Crippen LogP contribution is 2.25. The van der Waals surface area contributed by atoms with Crippen molar-refractivity contribution in [1.82, 2.24) is 15.3 Å². The first-order valence-electron chi connectivity index (χ1n) is 9.11. The average Bonchev–Trinajstić information content (AvgIpc) is 3.15. The second kappa shape index (κ2) is 7.52. The minimum absolute atomic E-state index is 0.0622. The fourth-order valence-corrected chi connectivity index (χ4v) is 3.26. The Hall–Kier alpha value is -3.67. The van der Waals surface area contributed by atoms with Crippen LogP contribution >= 0.6 is 0 Å². The maximum absolute atomic E-state index is 12.4. The number of carbonyl (C=O) groups is 2. The molecule has 0 spiro atoms. The number of nitrogens with one attached hydrogen (secondary N) is 3. The Balaban J connectivity index is 1.53. The van der Waals surface area contributed by atoms with Gasteiger partial charge in [0.15, 0.2) is 0 Å². The highest BCUT2D eigenvalue weighted by atomic mass is 16.2. The van der Waals surface area contributed by atoms with Gasteiger partial charge in [-0.3, -0.25) is 9.59 Å². The molecule has 0 bridgehead atoms. The lowest BCUT2D eigenvalue weighted by molar-refractivity contribution is -0.111. The van der Waals surface area contributed by atoms with Crippen molar-refractivity contribution in [2.24, 2.45) is 0 Å². The lowest BCUT2D eigenvalue weighted by atomic mass is 10.1. The number of benzene rings is 1. The maximum Gasteiger partial charge on any atom is 0.253 e. The van der Waals surface area contributed by atoms with Gasteiger partial charge in [-0.15, -0.1) is 0 Å². The van der Waals surface area contributed by atoms with Gasteiger partial charge in [-0.1, -0.05) is 30.3 Å². The molecule has 0 saturated carbocycles. The van der Waals surface area contributed by atoms with Gasteiger partial charge in [0.05, 0.1) is 5.56 Å². The first-order valence-corrected chi connectivity index (χ1v) is 9.11. The second-order valence-electron chi connectivity index (χ2n) is 6.69. The van der Waals surface area contributed by atoms with Crippen molar-refractivity contribution in [2.45, 2.75) is 13.3 Å². The maximum atomic E-state index is 12.4. The summed E-state index contributed by atoms with van der Waals surface area (Å²) in [4.78, 5) is 31.8. The smallest absolute Gasteiger partial charge is 0.253 e. The van der Waals surface area contributed by atoms with Crippen LogP contribution in [-0.2, 0) is 11.2 Å². The number of fused-ring (bicyclic) bond motifs is 1. The molecule has 3 aromatic rings. The molecule has 6 heteroatoms. The van der Waals surface area contributed by atoms with Crippen LogP contribution in [0.1, 0.15) is 28.5 Å². The molecule has 0 radical (unpaired) electrons. The zero-order valence-electron chi connectivity index (χ0n) is 15.5. The topological polar surface area (TPSA) is 86.9 Å². The summed E-state index contributed by atoms with van der Waals surface area (Å²) in [5.41, 5.74) is 5.16. The molecule has 0 saturated heterocycles. The van der Waals surface area contributed by atoms with E-state index in [-0.39, 0.29) is 11.8 Å². The van der Waals surface area contributed by atoms with Crippen LogP contribution in [0, 0.1) is 0 Å². The van der Waals surface area contributed by atoms with Crippen LogP contribution in [-0.4, -0.2) is 28.3 Å². The van der Waals surface area contributed by atoms with Gasteiger partial charge in [0.25, 0.3) is 5.91 Å². The Labute approximate surface area is 162 Å². The Morgan fingerprint density at radius 3 is 2.79 bits per heavy atom. The van der Waals surface area contributed by atoms with Crippen LogP contribution in [0.2, 0.25) is 0 Å².